The maximum atomic E-state index is 10.7. The van der Waals surface area contributed by atoms with Gasteiger partial charge in [-0.05, 0) is 25.0 Å². The fraction of sp³-hybridized carbons (Fsp3) is 0.478. The van der Waals surface area contributed by atoms with E-state index in [1.165, 1.54) is 0 Å². The number of benzene rings is 2. The van der Waals surface area contributed by atoms with E-state index in [4.69, 9.17) is 23.7 Å². The van der Waals surface area contributed by atoms with Crippen LogP contribution in [-0.4, -0.2) is 48.2 Å². The molecule has 2 aromatic carbocycles. The summed E-state index contributed by atoms with van der Waals surface area (Å²) in [6, 6.07) is 19.7. The van der Waals surface area contributed by atoms with Gasteiger partial charge in [-0.3, -0.25) is 0 Å². The van der Waals surface area contributed by atoms with Gasteiger partial charge in [0.05, 0.1) is 19.8 Å². The van der Waals surface area contributed by atoms with Crippen molar-refractivity contribution in [2.24, 2.45) is 0 Å². The van der Waals surface area contributed by atoms with Crippen LogP contribution in [-0.2, 0) is 36.9 Å². The van der Waals surface area contributed by atoms with Gasteiger partial charge in [0.2, 0.25) is 0 Å². The summed E-state index contributed by atoms with van der Waals surface area (Å²) >= 11 is 0. The molecule has 6 heteroatoms. The van der Waals surface area contributed by atoms with Gasteiger partial charge in [-0.1, -0.05) is 60.7 Å². The maximum Gasteiger partial charge on any atom is 0.190 e. The first-order chi connectivity index (χ1) is 14.0. The Morgan fingerprint density at radius 1 is 0.931 bits per heavy atom. The van der Waals surface area contributed by atoms with Crippen LogP contribution < -0.4 is 0 Å². The molecule has 156 valence electrons. The van der Waals surface area contributed by atoms with E-state index < -0.39 is 36.5 Å². The van der Waals surface area contributed by atoms with Gasteiger partial charge in [-0.25, -0.2) is 0 Å². The molecule has 2 aliphatic rings. The Kier molecular flexibility index (Phi) is 6.29. The van der Waals surface area contributed by atoms with Crippen LogP contribution in [0.3, 0.4) is 0 Å². The first-order valence-electron chi connectivity index (χ1n) is 9.98. The molecule has 4 rings (SSSR count). The van der Waals surface area contributed by atoms with Crippen LogP contribution in [0.4, 0.5) is 0 Å². The zero-order valence-electron chi connectivity index (χ0n) is 16.8. The molecule has 1 N–H and O–H groups in total. The zero-order valence-corrected chi connectivity index (χ0v) is 16.8. The second kappa shape index (κ2) is 8.92. The minimum Gasteiger partial charge on any atom is -0.388 e. The van der Waals surface area contributed by atoms with Crippen molar-refractivity contribution in [1.82, 2.24) is 0 Å². The Labute approximate surface area is 171 Å². The SMILES string of the molecule is CC1(C)O[C@@H]2O[C@H]([C@@H](O)COCc3ccccc3)[C@@H](OCc3ccccc3)[C@@H]2O1. The molecule has 0 radical (unpaired) electrons. The summed E-state index contributed by atoms with van der Waals surface area (Å²) in [4.78, 5) is 0. The highest BCUT2D eigenvalue weighted by molar-refractivity contribution is 5.14. The van der Waals surface area contributed by atoms with Crippen molar-refractivity contribution in [2.75, 3.05) is 6.61 Å². The number of aliphatic hydroxyl groups is 1. The van der Waals surface area contributed by atoms with Gasteiger partial charge in [0, 0.05) is 0 Å². The third-order valence-corrected chi connectivity index (χ3v) is 5.09. The van der Waals surface area contributed by atoms with E-state index in [2.05, 4.69) is 0 Å². The standard InChI is InChI=1S/C23H28O6/c1-23(2)28-21-20(26-14-17-11-7-4-8-12-17)19(27-22(21)29-23)18(24)15-25-13-16-9-5-3-6-10-16/h3-12,18-22,24H,13-15H2,1-2H3/t18-,19+,20+,21-,22-/m0/s1. The van der Waals surface area contributed by atoms with Gasteiger partial charge in [0.15, 0.2) is 12.1 Å². The van der Waals surface area contributed by atoms with E-state index in [9.17, 15) is 5.11 Å². The van der Waals surface area contributed by atoms with Crippen LogP contribution in [0.25, 0.3) is 0 Å². The molecule has 0 bridgehead atoms. The van der Waals surface area contributed by atoms with Gasteiger partial charge in [-0.15, -0.1) is 0 Å². The van der Waals surface area contributed by atoms with E-state index in [1.54, 1.807) is 0 Å². The number of fused-ring (bicyclic) bond motifs is 1. The van der Waals surface area contributed by atoms with Crippen LogP contribution in [0.1, 0.15) is 25.0 Å². The lowest BCUT2D eigenvalue weighted by atomic mass is 10.1. The van der Waals surface area contributed by atoms with Crippen molar-refractivity contribution in [3.05, 3.63) is 71.8 Å². The van der Waals surface area contributed by atoms with E-state index in [-0.39, 0.29) is 6.61 Å². The number of hydrogen-bond acceptors (Lipinski definition) is 6. The van der Waals surface area contributed by atoms with Gasteiger partial charge in [0.25, 0.3) is 0 Å². The quantitative estimate of drug-likeness (QED) is 0.735. The molecule has 6 nitrogen and oxygen atoms in total. The van der Waals surface area contributed by atoms with Crippen LogP contribution >= 0.6 is 0 Å². The Morgan fingerprint density at radius 3 is 2.21 bits per heavy atom. The van der Waals surface area contributed by atoms with Crippen LogP contribution in [0.5, 0.6) is 0 Å². The van der Waals surface area contributed by atoms with E-state index in [0.717, 1.165) is 11.1 Å². The van der Waals surface area contributed by atoms with Crippen molar-refractivity contribution in [2.45, 2.75) is 63.6 Å². The van der Waals surface area contributed by atoms with Crippen LogP contribution in [0, 0.1) is 0 Å². The second-order valence-corrected chi connectivity index (χ2v) is 7.90. The van der Waals surface area contributed by atoms with Crippen molar-refractivity contribution < 1.29 is 28.8 Å². The normalized spacial score (nSPS) is 28.9. The molecule has 2 aromatic rings. The Hall–Kier alpha value is -1.80. The summed E-state index contributed by atoms with van der Waals surface area (Å²) in [5.41, 5.74) is 2.09. The van der Waals surface area contributed by atoms with E-state index >= 15 is 0 Å². The summed E-state index contributed by atoms with van der Waals surface area (Å²) < 4.78 is 29.7. The van der Waals surface area contributed by atoms with Crippen molar-refractivity contribution in [3.8, 4) is 0 Å². The third-order valence-electron chi connectivity index (χ3n) is 5.09. The van der Waals surface area contributed by atoms with Crippen molar-refractivity contribution >= 4 is 0 Å². The van der Waals surface area contributed by atoms with E-state index in [1.807, 2.05) is 74.5 Å². The lowest BCUT2D eigenvalue weighted by molar-refractivity contribution is -0.233. The molecule has 29 heavy (non-hydrogen) atoms. The average molecular weight is 400 g/mol. The summed E-state index contributed by atoms with van der Waals surface area (Å²) in [5, 5.41) is 10.7. The van der Waals surface area contributed by atoms with E-state index in [0.29, 0.717) is 13.2 Å². The second-order valence-electron chi connectivity index (χ2n) is 7.90. The summed E-state index contributed by atoms with van der Waals surface area (Å²) in [7, 11) is 0. The van der Waals surface area contributed by atoms with Crippen molar-refractivity contribution in [3.63, 3.8) is 0 Å². The molecular formula is C23H28O6. The highest BCUT2D eigenvalue weighted by Crippen LogP contribution is 2.40. The topological polar surface area (TPSA) is 66.4 Å². The molecular weight excluding hydrogens is 372 g/mol. The van der Waals surface area contributed by atoms with Gasteiger partial charge in [-0.2, -0.15) is 0 Å². The molecule has 0 saturated carbocycles. The first-order valence-corrected chi connectivity index (χ1v) is 9.98. The van der Waals surface area contributed by atoms with Crippen LogP contribution in [0.15, 0.2) is 60.7 Å². The first kappa shape index (κ1) is 20.5. The molecule has 2 heterocycles. The summed E-state index contributed by atoms with van der Waals surface area (Å²) in [6.07, 6.45) is -2.89. The minimum atomic E-state index is -0.861. The zero-order chi connectivity index (χ0) is 20.3. The molecule has 2 saturated heterocycles. The van der Waals surface area contributed by atoms with Gasteiger partial charge < -0.3 is 28.8 Å². The Balaban J connectivity index is 1.38. The number of ether oxygens (including phenoxy) is 5. The molecule has 0 amide bonds. The van der Waals surface area contributed by atoms with Crippen LogP contribution in [0.2, 0.25) is 0 Å². The number of rotatable bonds is 8. The molecule has 0 aromatic heterocycles. The lowest BCUT2D eigenvalue weighted by Gasteiger charge is -2.28. The van der Waals surface area contributed by atoms with Gasteiger partial charge >= 0.3 is 0 Å². The molecule has 5 atom stereocenters. The fourth-order valence-corrected chi connectivity index (χ4v) is 3.74. The smallest absolute Gasteiger partial charge is 0.190 e. The minimum absolute atomic E-state index is 0.133. The average Bonchev–Trinajstić information content (AvgIpc) is 3.19. The monoisotopic (exact) mass is 400 g/mol. The number of hydrogen-bond donors (Lipinski definition) is 1. The summed E-state index contributed by atoms with van der Waals surface area (Å²) in [5.74, 6) is -0.747. The highest BCUT2D eigenvalue weighted by Gasteiger charge is 2.57. The predicted molar refractivity (Wildman–Crippen MR) is 106 cm³/mol. The number of aliphatic hydroxyl groups excluding tert-OH is 1. The lowest BCUT2D eigenvalue weighted by Crippen LogP contribution is -2.44. The largest absolute Gasteiger partial charge is 0.388 e. The summed E-state index contributed by atoms with van der Waals surface area (Å²) in [6.45, 7) is 4.64. The molecule has 0 aliphatic carbocycles. The molecule has 2 fully saturated rings. The molecule has 0 spiro atoms. The Bertz CT molecular complexity index is 765. The van der Waals surface area contributed by atoms with Gasteiger partial charge in [0.1, 0.15) is 24.4 Å². The predicted octanol–water partition coefficient (Wildman–Crippen LogP) is 3.03. The fourth-order valence-electron chi connectivity index (χ4n) is 3.74. The molecule has 2 aliphatic heterocycles. The third kappa shape index (κ3) is 5.04. The maximum absolute atomic E-state index is 10.7. The molecule has 0 unspecified atom stereocenters. The highest BCUT2D eigenvalue weighted by atomic mass is 16.8. The Morgan fingerprint density at radius 2 is 1.55 bits per heavy atom. The van der Waals surface area contributed by atoms with Crippen molar-refractivity contribution in [1.29, 1.82) is 0 Å².